The van der Waals surface area contributed by atoms with Crippen LogP contribution in [0.4, 0.5) is 4.39 Å². The minimum atomic E-state index is -0.239. The van der Waals surface area contributed by atoms with Crippen molar-refractivity contribution < 1.29 is 9.13 Å². The van der Waals surface area contributed by atoms with E-state index in [2.05, 4.69) is 5.32 Å². The maximum Gasteiger partial charge on any atom is 0.126 e. The molecule has 2 nitrogen and oxygen atoms in total. The first-order valence-corrected chi connectivity index (χ1v) is 4.97. The van der Waals surface area contributed by atoms with Crippen LogP contribution in [0.5, 0.6) is 5.75 Å². The van der Waals surface area contributed by atoms with E-state index < -0.39 is 0 Å². The molecule has 0 atom stereocenters. The highest BCUT2D eigenvalue weighted by atomic mass is 19.1. The first kappa shape index (κ1) is 9.46. The second-order valence-electron chi connectivity index (χ2n) is 3.52. The van der Waals surface area contributed by atoms with Crippen LogP contribution in [-0.4, -0.2) is 19.2 Å². The van der Waals surface area contributed by atoms with E-state index in [1.165, 1.54) is 12.1 Å². The molecule has 14 heavy (non-hydrogen) atoms. The van der Waals surface area contributed by atoms with Crippen molar-refractivity contribution in [2.24, 2.45) is 0 Å². The molecule has 76 valence electrons. The Morgan fingerprint density at radius 3 is 2.79 bits per heavy atom. The average Bonchev–Trinajstić information content (AvgIpc) is 2.19. The van der Waals surface area contributed by atoms with E-state index in [-0.39, 0.29) is 11.9 Å². The summed E-state index contributed by atoms with van der Waals surface area (Å²) in [6.07, 6.45) is 2.23. The number of benzene rings is 1. The van der Waals surface area contributed by atoms with Gasteiger partial charge in [0.2, 0.25) is 0 Å². The molecule has 0 amide bonds. The quantitative estimate of drug-likeness (QED) is 0.778. The number of hydrogen-bond acceptors (Lipinski definition) is 2. The van der Waals surface area contributed by atoms with Gasteiger partial charge in [-0.25, -0.2) is 4.39 Å². The first-order valence-electron chi connectivity index (χ1n) is 4.97. The lowest BCUT2D eigenvalue weighted by Gasteiger charge is -2.23. The Bertz CT molecular complexity index is 297. The minimum absolute atomic E-state index is 0.234. The number of halogens is 1. The highest BCUT2D eigenvalue weighted by Crippen LogP contribution is 2.17. The molecular formula is C11H14FNO. The summed E-state index contributed by atoms with van der Waals surface area (Å²) in [4.78, 5) is 0. The van der Waals surface area contributed by atoms with Gasteiger partial charge >= 0.3 is 0 Å². The molecule has 2 rings (SSSR count). The van der Waals surface area contributed by atoms with Gasteiger partial charge in [-0.3, -0.25) is 0 Å². The maximum absolute atomic E-state index is 12.8. The van der Waals surface area contributed by atoms with Crippen LogP contribution in [0.3, 0.4) is 0 Å². The molecule has 1 aromatic rings. The lowest BCUT2D eigenvalue weighted by molar-refractivity contribution is 0.162. The summed E-state index contributed by atoms with van der Waals surface area (Å²) in [5, 5.41) is 3.26. The number of piperidine rings is 1. The van der Waals surface area contributed by atoms with Gasteiger partial charge in [0.25, 0.3) is 0 Å². The van der Waals surface area contributed by atoms with Crippen LogP contribution >= 0.6 is 0 Å². The van der Waals surface area contributed by atoms with Gasteiger partial charge < -0.3 is 10.1 Å². The molecule has 0 radical (unpaired) electrons. The zero-order chi connectivity index (χ0) is 9.80. The van der Waals surface area contributed by atoms with E-state index in [1.54, 1.807) is 12.1 Å². The average molecular weight is 195 g/mol. The van der Waals surface area contributed by atoms with E-state index in [0.717, 1.165) is 25.9 Å². The van der Waals surface area contributed by atoms with Gasteiger partial charge in [0.05, 0.1) is 0 Å². The van der Waals surface area contributed by atoms with E-state index in [9.17, 15) is 4.39 Å². The number of hydrogen-bond donors (Lipinski definition) is 1. The predicted octanol–water partition coefficient (Wildman–Crippen LogP) is 1.96. The number of rotatable bonds is 2. The first-order chi connectivity index (χ1) is 6.84. The second-order valence-corrected chi connectivity index (χ2v) is 3.52. The second kappa shape index (κ2) is 4.42. The molecular weight excluding hydrogens is 181 g/mol. The van der Waals surface area contributed by atoms with Crippen molar-refractivity contribution in [1.29, 1.82) is 0 Å². The summed E-state index contributed by atoms with van der Waals surface area (Å²) < 4.78 is 18.5. The minimum Gasteiger partial charge on any atom is -0.490 e. The van der Waals surface area contributed by atoms with E-state index in [0.29, 0.717) is 5.75 Å². The highest BCUT2D eigenvalue weighted by molar-refractivity contribution is 5.22. The summed E-state index contributed by atoms with van der Waals surface area (Å²) in [6, 6.07) is 6.33. The predicted molar refractivity (Wildman–Crippen MR) is 52.9 cm³/mol. The molecule has 0 saturated carbocycles. The fourth-order valence-corrected chi connectivity index (χ4v) is 1.65. The Labute approximate surface area is 83.1 Å². The fraction of sp³-hybridized carbons (Fsp3) is 0.455. The van der Waals surface area contributed by atoms with E-state index >= 15 is 0 Å². The summed E-state index contributed by atoms with van der Waals surface area (Å²) in [5.74, 6) is 0.397. The molecule has 0 aromatic heterocycles. The van der Waals surface area contributed by atoms with Gasteiger partial charge in [0.1, 0.15) is 17.7 Å². The highest BCUT2D eigenvalue weighted by Gasteiger charge is 2.14. The Hall–Kier alpha value is -1.09. The van der Waals surface area contributed by atoms with Crippen molar-refractivity contribution >= 4 is 0 Å². The molecule has 3 heteroatoms. The molecule has 0 spiro atoms. The van der Waals surface area contributed by atoms with Crippen molar-refractivity contribution in [1.82, 2.24) is 5.32 Å². The van der Waals surface area contributed by atoms with Crippen molar-refractivity contribution in [2.45, 2.75) is 18.9 Å². The van der Waals surface area contributed by atoms with Gasteiger partial charge in [0, 0.05) is 6.07 Å². The topological polar surface area (TPSA) is 21.3 Å². The molecule has 1 fully saturated rings. The van der Waals surface area contributed by atoms with Gasteiger partial charge in [0.15, 0.2) is 0 Å². The largest absolute Gasteiger partial charge is 0.490 e. The molecule has 1 aliphatic heterocycles. The van der Waals surface area contributed by atoms with E-state index in [4.69, 9.17) is 4.74 Å². The van der Waals surface area contributed by atoms with Gasteiger partial charge in [-0.2, -0.15) is 0 Å². The Balaban J connectivity index is 1.95. The van der Waals surface area contributed by atoms with Crippen molar-refractivity contribution in [2.75, 3.05) is 13.1 Å². The van der Waals surface area contributed by atoms with Crippen LogP contribution in [0.2, 0.25) is 0 Å². The molecule has 1 aliphatic rings. The molecule has 1 heterocycles. The fourth-order valence-electron chi connectivity index (χ4n) is 1.65. The Kier molecular flexibility index (Phi) is 2.99. The standard InChI is InChI=1S/C11H14FNO/c12-9-2-1-3-11(8-9)14-10-4-6-13-7-5-10/h1-3,8,10,13H,4-7H2. The van der Waals surface area contributed by atoms with Gasteiger partial charge in [-0.15, -0.1) is 0 Å². The number of ether oxygens (including phenoxy) is 1. The van der Waals surface area contributed by atoms with Crippen LogP contribution in [0, 0.1) is 5.82 Å². The van der Waals surface area contributed by atoms with Gasteiger partial charge in [-0.1, -0.05) is 6.07 Å². The van der Waals surface area contributed by atoms with Gasteiger partial charge in [-0.05, 0) is 38.1 Å². The van der Waals surface area contributed by atoms with Crippen molar-refractivity contribution in [3.05, 3.63) is 30.1 Å². The Morgan fingerprint density at radius 1 is 1.29 bits per heavy atom. The summed E-state index contributed by atoms with van der Waals surface area (Å²) in [5.41, 5.74) is 0. The molecule has 0 bridgehead atoms. The zero-order valence-corrected chi connectivity index (χ0v) is 8.00. The SMILES string of the molecule is Fc1cccc(OC2CCNCC2)c1. The zero-order valence-electron chi connectivity index (χ0n) is 8.00. The summed E-state index contributed by atoms with van der Waals surface area (Å²) >= 11 is 0. The molecule has 0 aliphatic carbocycles. The third-order valence-electron chi connectivity index (χ3n) is 2.39. The summed E-state index contributed by atoms with van der Waals surface area (Å²) in [7, 11) is 0. The normalized spacial score (nSPS) is 18.1. The van der Waals surface area contributed by atoms with Crippen LogP contribution < -0.4 is 10.1 Å². The molecule has 0 unspecified atom stereocenters. The monoisotopic (exact) mass is 195 g/mol. The maximum atomic E-state index is 12.8. The lowest BCUT2D eigenvalue weighted by atomic mass is 10.1. The number of nitrogens with one attached hydrogen (secondary N) is 1. The van der Waals surface area contributed by atoms with Crippen molar-refractivity contribution in [3.8, 4) is 5.75 Å². The lowest BCUT2D eigenvalue weighted by Crippen LogP contribution is -2.34. The van der Waals surface area contributed by atoms with Crippen LogP contribution in [0.25, 0.3) is 0 Å². The Morgan fingerprint density at radius 2 is 2.07 bits per heavy atom. The van der Waals surface area contributed by atoms with Crippen LogP contribution in [0.1, 0.15) is 12.8 Å². The molecule has 1 aromatic carbocycles. The van der Waals surface area contributed by atoms with E-state index in [1.807, 2.05) is 0 Å². The smallest absolute Gasteiger partial charge is 0.126 e. The molecule has 1 N–H and O–H groups in total. The summed E-state index contributed by atoms with van der Waals surface area (Å²) in [6.45, 7) is 1.97. The molecule has 1 saturated heterocycles. The van der Waals surface area contributed by atoms with Crippen LogP contribution in [-0.2, 0) is 0 Å². The van der Waals surface area contributed by atoms with Crippen LogP contribution in [0.15, 0.2) is 24.3 Å². The third-order valence-corrected chi connectivity index (χ3v) is 2.39. The third kappa shape index (κ3) is 2.45. The van der Waals surface area contributed by atoms with Crippen molar-refractivity contribution in [3.63, 3.8) is 0 Å².